The van der Waals surface area contributed by atoms with E-state index in [1.54, 1.807) is 0 Å². The van der Waals surface area contributed by atoms with Crippen molar-refractivity contribution in [3.8, 4) is 5.75 Å². The first-order chi connectivity index (χ1) is 13.2. The largest absolute Gasteiger partial charge is 0.493 e. The molecule has 27 heavy (non-hydrogen) atoms. The lowest BCUT2D eigenvalue weighted by molar-refractivity contribution is 0.139. The summed E-state index contributed by atoms with van der Waals surface area (Å²) in [6.07, 6.45) is 5.82. The topological polar surface area (TPSA) is 65.9 Å². The number of nitrogens with zero attached hydrogens (tertiary/aromatic N) is 3. The highest BCUT2D eigenvalue weighted by Gasteiger charge is 2.22. The molecular weight excluding hydrogens is 342 g/mol. The van der Waals surface area contributed by atoms with Gasteiger partial charge in [-0.1, -0.05) is 6.07 Å². The van der Waals surface area contributed by atoms with Gasteiger partial charge in [-0.25, -0.2) is 4.79 Å². The van der Waals surface area contributed by atoms with Crippen molar-refractivity contribution in [2.45, 2.75) is 25.8 Å². The molecule has 4 rings (SSSR count). The van der Waals surface area contributed by atoms with Crippen LogP contribution in [0.2, 0.25) is 0 Å². The van der Waals surface area contributed by atoms with Crippen molar-refractivity contribution in [2.75, 3.05) is 31.1 Å². The van der Waals surface area contributed by atoms with Crippen molar-refractivity contribution in [1.29, 1.82) is 0 Å². The van der Waals surface area contributed by atoms with Gasteiger partial charge in [0.05, 0.1) is 6.61 Å². The normalized spacial score (nSPS) is 17.5. The van der Waals surface area contributed by atoms with Crippen molar-refractivity contribution in [3.63, 3.8) is 0 Å². The third-order valence-corrected chi connectivity index (χ3v) is 5.59. The molecule has 1 saturated heterocycles. The maximum Gasteiger partial charge on any atom is 0.407 e. The van der Waals surface area contributed by atoms with E-state index < -0.39 is 6.09 Å². The minimum atomic E-state index is -0.854. The molecule has 1 N–H and O–H groups in total. The number of rotatable bonds is 4. The molecule has 2 aliphatic heterocycles. The predicted octanol–water partition coefficient (Wildman–Crippen LogP) is 3.41. The second-order valence-corrected chi connectivity index (χ2v) is 7.33. The molecule has 1 amide bonds. The highest BCUT2D eigenvalue weighted by molar-refractivity contribution is 5.65. The minimum absolute atomic E-state index is 0.451. The average Bonchev–Trinajstić information content (AvgIpc) is 2.72. The Morgan fingerprint density at radius 1 is 1.11 bits per heavy atom. The van der Waals surface area contributed by atoms with Crippen LogP contribution in [0.5, 0.6) is 5.75 Å². The number of piperidine rings is 1. The van der Waals surface area contributed by atoms with Crippen LogP contribution in [0.25, 0.3) is 0 Å². The summed E-state index contributed by atoms with van der Waals surface area (Å²) in [6.45, 7) is 3.81. The molecular formula is C21H25N3O3. The van der Waals surface area contributed by atoms with E-state index in [9.17, 15) is 9.90 Å². The summed E-state index contributed by atoms with van der Waals surface area (Å²) in [5.41, 5.74) is 3.53. The van der Waals surface area contributed by atoms with Crippen LogP contribution >= 0.6 is 0 Å². The Bertz CT molecular complexity index is 789. The molecule has 1 fully saturated rings. The first-order valence-electron chi connectivity index (χ1n) is 9.56. The number of ether oxygens (including phenoxy) is 1. The second kappa shape index (κ2) is 7.86. The lowest BCUT2D eigenvalue weighted by atomic mass is 9.97. The van der Waals surface area contributed by atoms with Gasteiger partial charge in [0.15, 0.2) is 0 Å². The first kappa shape index (κ1) is 17.6. The summed E-state index contributed by atoms with van der Waals surface area (Å²) in [7, 11) is 0. The van der Waals surface area contributed by atoms with Crippen molar-refractivity contribution in [3.05, 3.63) is 53.9 Å². The zero-order chi connectivity index (χ0) is 18.6. The third kappa shape index (κ3) is 4.15. The van der Waals surface area contributed by atoms with Crippen molar-refractivity contribution in [2.24, 2.45) is 5.92 Å². The summed E-state index contributed by atoms with van der Waals surface area (Å²) in [5, 5.41) is 9.20. The number of pyridine rings is 1. The van der Waals surface area contributed by atoms with E-state index in [0.29, 0.717) is 25.6 Å². The Morgan fingerprint density at radius 2 is 1.89 bits per heavy atom. The molecule has 0 aliphatic carbocycles. The number of fused-ring (bicyclic) bond motifs is 1. The average molecular weight is 367 g/mol. The van der Waals surface area contributed by atoms with Crippen LogP contribution in [-0.2, 0) is 13.0 Å². The predicted molar refractivity (Wildman–Crippen MR) is 103 cm³/mol. The van der Waals surface area contributed by atoms with Crippen molar-refractivity contribution < 1.29 is 14.6 Å². The molecule has 6 nitrogen and oxygen atoms in total. The number of anilines is 1. The molecule has 1 aromatic heterocycles. The van der Waals surface area contributed by atoms with Crippen LogP contribution in [-0.4, -0.2) is 47.3 Å². The number of amides is 1. The Morgan fingerprint density at radius 3 is 2.63 bits per heavy atom. The number of benzene rings is 1. The van der Waals surface area contributed by atoms with E-state index in [-0.39, 0.29) is 0 Å². The Labute approximate surface area is 159 Å². The molecule has 2 aromatic rings. The van der Waals surface area contributed by atoms with Crippen LogP contribution < -0.4 is 9.64 Å². The third-order valence-electron chi connectivity index (χ3n) is 5.59. The first-order valence-corrected chi connectivity index (χ1v) is 9.56. The maximum atomic E-state index is 11.2. The SMILES string of the molecule is O=C(O)N1CCc2ccc(OCC3CCN(c4ccncc4)CC3)cc2C1. The Hall–Kier alpha value is -2.76. The van der Waals surface area contributed by atoms with Gasteiger partial charge in [0.25, 0.3) is 0 Å². The van der Waals surface area contributed by atoms with Gasteiger partial charge in [0, 0.05) is 44.3 Å². The fourth-order valence-electron chi connectivity index (χ4n) is 3.91. The lowest BCUT2D eigenvalue weighted by Crippen LogP contribution is -2.35. The molecule has 0 saturated carbocycles. The van der Waals surface area contributed by atoms with Gasteiger partial charge in [0.2, 0.25) is 0 Å². The van der Waals surface area contributed by atoms with E-state index in [1.807, 2.05) is 24.5 Å². The van der Waals surface area contributed by atoms with Crippen molar-refractivity contribution >= 4 is 11.8 Å². The maximum absolute atomic E-state index is 11.2. The lowest BCUT2D eigenvalue weighted by Gasteiger charge is -2.33. The smallest absolute Gasteiger partial charge is 0.407 e. The van der Waals surface area contributed by atoms with Gasteiger partial charge in [0.1, 0.15) is 5.75 Å². The molecule has 3 heterocycles. The molecule has 0 bridgehead atoms. The van der Waals surface area contributed by atoms with Crippen LogP contribution in [0, 0.1) is 5.92 Å². The molecule has 142 valence electrons. The summed E-state index contributed by atoms with van der Waals surface area (Å²) in [5.74, 6) is 1.40. The minimum Gasteiger partial charge on any atom is -0.493 e. The van der Waals surface area contributed by atoms with E-state index in [4.69, 9.17) is 4.74 Å². The van der Waals surface area contributed by atoms with E-state index in [0.717, 1.165) is 43.7 Å². The Balaban J connectivity index is 1.30. The number of carbonyl (C=O) groups is 1. The van der Waals surface area contributed by atoms with Crippen LogP contribution in [0.15, 0.2) is 42.7 Å². The summed E-state index contributed by atoms with van der Waals surface area (Å²) >= 11 is 0. The second-order valence-electron chi connectivity index (χ2n) is 7.33. The molecule has 0 radical (unpaired) electrons. The zero-order valence-corrected chi connectivity index (χ0v) is 15.4. The fourth-order valence-corrected chi connectivity index (χ4v) is 3.91. The summed E-state index contributed by atoms with van der Waals surface area (Å²) in [6, 6.07) is 10.2. The summed E-state index contributed by atoms with van der Waals surface area (Å²) in [4.78, 5) is 19.1. The van der Waals surface area contributed by atoms with Gasteiger partial charge in [-0.3, -0.25) is 4.98 Å². The number of hydrogen-bond acceptors (Lipinski definition) is 4. The van der Waals surface area contributed by atoms with E-state index in [1.165, 1.54) is 16.2 Å². The van der Waals surface area contributed by atoms with Gasteiger partial charge in [-0.2, -0.15) is 0 Å². The van der Waals surface area contributed by atoms with Gasteiger partial charge in [-0.15, -0.1) is 0 Å². The zero-order valence-electron chi connectivity index (χ0n) is 15.4. The standard InChI is InChI=1S/C21H25N3O3/c25-21(26)24-12-7-17-1-2-20(13-18(17)14-24)27-15-16-5-10-23(11-6-16)19-3-8-22-9-4-19/h1-4,8-9,13,16H,5-7,10-12,14-15H2,(H,25,26). The molecule has 2 aliphatic rings. The molecule has 1 aromatic carbocycles. The fraction of sp³-hybridized carbons (Fsp3) is 0.429. The van der Waals surface area contributed by atoms with Gasteiger partial charge in [-0.05, 0) is 60.6 Å². The van der Waals surface area contributed by atoms with E-state index in [2.05, 4.69) is 28.1 Å². The molecule has 6 heteroatoms. The molecule has 0 spiro atoms. The summed E-state index contributed by atoms with van der Waals surface area (Å²) < 4.78 is 6.05. The van der Waals surface area contributed by atoms with Crippen LogP contribution in [0.1, 0.15) is 24.0 Å². The number of hydrogen-bond donors (Lipinski definition) is 1. The Kier molecular flexibility index (Phi) is 5.14. The molecule has 0 atom stereocenters. The van der Waals surface area contributed by atoms with Crippen molar-refractivity contribution in [1.82, 2.24) is 9.88 Å². The van der Waals surface area contributed by atoms with Crippen LogP contribution in [0.3, 0.4) is 0 Å². The monoisotopic (exact) mass is 367 g/mol. The highest BCUT2D eigenvalue weighted by Crippen LogP contribution is 2.26. The number of aromatic nitrogens is 1. The molecule has 0 unspecified atom stereocenters. The quantitative estimate of drug-likeness (QED) is 0.897. The van der Waals surface area contributed by atoms with Gasteiger partial charge < -0.3 is 19.6 Å². The number of carboxylic acid groups (broad SMARTS) is 1. The van der Waals surface area contributed by atoms with E-state index >= 15 is 0 Å². The van der Waals surface area contributed by atoms with Gasteiger partial charge >= 0.3 is 6.09 Å². The highest BCUT2D eigenvalue weighted by atomic mass is 16.5. The van der Waals surface area contributed by atoms with Crippen LogP contribution in [0.4, 0.5) is 10.5 Å².